The van der Waals surface area contributed by atoms with E-state index in [-0.39, 0.29) is 6.04 Å². The number of anilines is 4. The minimum Gasteiger partial charge on any atom is -0.382 e. The molecule has 10 nitrogen and oxygen atoms in total. The van der Waals surface area contributed by atoms with Crippen LogP contribution in [0.5, 0.6) is 0 Å². The number of carbonyl (C=O) groups excluding carboxylic acids is 1. The van der Waals surface area contributed by atoms with E-state index < -0.39 is 0 Å². The monoisotopic (exact) mass is 434 g/mol. The molecule has 166 valence electrons. The van der Waals surface area contributed by atoms with E-state index in [1.165, 1.54) is 12.4 Å². The first kappa shape index (κ1) is 21.4. The number of hydrogen-bond donors (Lipinski definition) is 1. The van der Waals surface area contributed by atoms with E-state index in [0.717, 1.165) is 43.6 Å². The first-order chi connectivity index (χ1) is 15.5. The van der Waals surface area contributed by atoms with Gasteiger partial charge in [0.1, 0.15) is 12.0 Å². The van der Waals surface area contributed by atoms with Gasteiger partial charge in [-0.25, -0.2) is 9.97 Å². The average Bonchev–Trinajstić information content (AvgIpc) is 3.29. The van der Waals surface area contributed by atoms with E-state index in [4.69, 9.17) is 10.3 Å². The minimum atomic E-state index is 0.0207. The van der Waals surface area contributed by atoms with Crippen molar-refractivity contribution < 1.29 is 9.32 Å². The molecule has 10 heteroatoms. The molecule has 0 saturated carbocycles. The molecule has 3 aromatic rings. The average molecular weight is 435 g/mol. The van der Waals surface area contributed by atoms with E-state index in [1.54, 1.807) is 4.90 Å². The van der Waals surface area contributed by atoms with E-state index in [1.807, 2.05) is 36.2 Å². The Bertz CT molecular complexity index is 1100. The highest BCUT2D eigenvalue weighted by molar-refractivity contribution is 5.89. The molecule has 1 saturated heterocycles. The van der Waals surface area contributed by atoms with Gasteiger partial charge in [0, 0.05) is 24.8 Å². The summed E-state index contributed by atoms with van der Waals surface area (Å²) in [5, 5.41) is 3.95. The third-order valence-corrected chi connectivity index (χ3v) is 5.65. The normalized spacial score (nSPS) is 16.5. The summed E-state index contributed by atoms with van der Waals surface area (Å²) in [6.45, 7) is 5.42. The minimum absolute atomic E-state index is 0.0207. The number of likely N-dealkylation sites (N-methyl/N-ethyl adjacent to an activating group) is 1. The summed E-state index contributed by atoms with van der Waals surface area (Å²) in [5.74, 6) is 1.63. The second kappa shape index (κ2) is 9.15. The van der Waals surface area contributed by atoms with Gasteiger partial charge >= 0.3 is 0 Å². The summed E-state index contributed by atoms with van der Waals surface area (Å²) in [6.07, 6.45) is 5.65. The van der Waals surface area contributed by atoms with E-state index in [0.29, 0.717) is 29.0 Å². The summed E-state index contributed by atoms with van der Waals surface area (Å²) in [7, 11) is 3.92. The van der Waals surface area contributed by atoms with Crippen LogP contribution in [0.15, 0.2) is 41.7 Å². The molecule has 32 heavy (non-hydrogen) atoms. The van der Waals surface area contributed by atoms with Crippen LogP contribution in [0.1, 0.15) is 18.7 Å². The van der Waals surface area contributed by atoms with Crippen LogP contribution < -0.4 is 15.5 Å². The largest absolute Gasteiger partial charge is 0.382 e. The molecule has 2 N–H and O–H groups in total. The fraction of sp³-hybridized carbons (Fsp3) is 0.318. The van der Waals surface area contributed by atoms with E-state index >= 15 is 0 Å². The lowest BCUT2D eigenvalue weighted by Gasteiger charge is -2.36. The second-order valence-electron chi connectivity index (χ2n) is 7.77. The molecule has 0 bridgehead atoms. The molecule has 1 aliphatic rings. The Kier molecular flexibility index (Phi) is 6.13. The van der Waals surface area contributed by atoms with Crippen LogP contribution in [-0.2, 0) is 4.79 Å². The van der Waals surface area contributed by atoms with Gasteiger partial charge in [-0.1, -0.05) is 11.7 Å². The molecule has 0 aliphatic carbocycles. The SMILES string of the molecule is C=Cc1nc(-c2ccc(N(C)c3c(N)ncnc3N(C=O)C3CCCN(C)C3)cc2)no1. The Morgan fingerprint density at radius 3 is 2.72 bits per heavy atom. The van der Waals surface area contributed by atoms with Gasteiger partial charge in [0.05, 0.1) is 6.04 Å². The van der Waals surface area contributed by atoms with Gasteiger partial charge < -0.3 is 20.1 Å². The highest BCUT2D eigenvalue weighted by atomic mass is 16.5. The standard InChI is InChI=1S/C22H26N8O2/c1-4-18-26-21(27-32-18)15-7-9-16(10-8-15)29(3)19-20(23)24-13-25-22(19)30(14-31)17-6-5-11-28(2)12-17/h4,7-10,13-14,17H,1,5-6,11-12H2,2-3H3,(H2,23,24,25). The number of hydrogen-bond acceptors (Lipinski definition) is 9. The quantitative estimate of drug-likeness (QED) is 0.560. The van der Waals surface area contributed by atoms with Gasteiger partial charge in [-0.15, -0.1) is 0 Å². The van der Waals surface area contributed by atoms with Crippen molar-refractivity contribution in [3.8, 4) is 11.4 Å². The smallest absolute Gasteiger partial charge is 0.250 e. The number of amides is 1. The highest BCUT2D eigenvalue weighted by Crippen LogP contribution is 2.37. The fourth-order valence-electron chi connectivity index (χ4n) is 3.97. The molecule has 1 fully saturated rings. The van der Waals surface area contributed by atoms with Crippen LogP contribution >= 0.6 is 0 Å². The van der Waals surface area contributed by atoms with Gasteiger partial charge in [0.15, 0.2) is 11.6 Å². The predicted molar refractivity (Wildman–Crippen MR) is 123 cm³/mol. The first-order valence-electron chi connectivity index (χ1n) is 10.3. The topological polar surface area (TPSA) is 118 Å². The molecule has 1 aliphatic heterocycles. The van der Waals surface area contributed by atoms with Crippen LogP contribution in [-0.4, -0.2) is 64.6 Å². The first-order valence-corrected chi connectivity index (χ1v) is 10.3. The molecule has 1 unspecified atom stereocenters. The molecule has 2 aromatic heterocycles. The van der Waals surface area contributed by atoms with Crippen LogP contribution in [0.3, 0.4) is 0 Å². The van der Waals surface area contributed by atoms with Crippen molar-refractivity contribution >= 4 is 35.5 Å². The maximum atomic E-state index is 12.1. The number of piperidine rings is 1. The Balaban J connectivity index is 1.65. The molecule has 0 spiro atoms. The summed E-state index contributed by atoms with van der Waals surface area (Å²) in [5.41, 5.74) is 8.48. The summed E-state index contributed by atoms with van der Waals surface area (Å²) < 4.78 is 5.09. The molecule has 1 amide bonds. The van der Waals surface area contributed by atoms with Gasteiger partial charge in [0.2, 0.25) is 18.1 Å². The van der Waals surface area contributed by atoms with Crippen molar-refractivity contribution in [2.45, 2.75) is 18.9 Å². The van der Waals surface area contributed by atoms with Crippen LogP contribution in [0.25, 0.3) is 17.5 Å². The number of rotatable bonds is 7. The summed E-state index contributed by atoms with van der Waals surface area (Å²) in [4.78, 5) is 30.7. The van der Waals surface area contributed by atoms with Crippen molar-refractivity contribution in [2.75, 3.05) is 42.7 Å². The van der Waals surface area contributed by atoms with Gasteiger partial charge in [-0.2, -0.15) is 4.98 Å². The zero-order chi connectivity index (χ0) is 22.7. The number of nitrogens with zero attached hydrogens (tertiary/aromatic N) is 7. The van der Waals surface area contributed by atoms with Crippen LogP contribution in [0.4, 0.5) is 23.0 Å². The molecule has 0 radical (unpaired) electrons. The second-order valence-corrected chi connectivity index (χ2v) is 7.77. The Labute approximate surface area is 186 Å². The number of nitrogen functional groups attached to an aromatic ring is 1. The summed E-state index contributed by atoms with van der Waals surface area (Å²) >= 11 is 0. The Morgan fingerprint density at radius 1 is 1.28 bits per heavy atom. The lowest BCUT2D eigenvalue weighted by Crippen LogP contribution is -2.47. The van der Waals surface area contributed by atoms with Crippen LogP contribution in [0.2, 0.25) is 0 Å². The molecule has 1 atom stereocenters. The van der Waals surface area contributed by atoms with Crippen molar-refractivity contribution in [2.24, 2.45) is 0 Å². The predicted octanol–water partition coefficient (Wildman–Crippen LogP) is 2.58. The maximum Gasteiger partial charge on any atom is 0.250 e. The Morgan fingerprint density at radius 2 is 2.06 bits per heavy atom. The fourth-order valence-corrected chi connectivity index (χ4v) is 3.97. The lowest BCUT2D eigenvalue weighted by molar-refractivity contribution is -0.108. The third kappa shape index (κ3) is 4.17. The van der Waals surface area contributed by atoms with Crippen molar-refractivity contribution in [3.63, 3.8) is 0 Å². The third-order valence-electron chi connectivity index (χ3n) is 5.65. The Hall–Kier alpha value is -3.79. The summed E-state index contributed by atoms with van der Waals surface area (Å²) in [6, 6.07) is 7.62. The van der Waals surface area contributed by atoms with Gasteiger partial charge in [0.25, 0.3) is 0 Å². The van der Waals surface area contributed by atoms with Crippen molar-refractivity contribution in [1.29, 1.82) is 0 Å². The highest BCUT2D eigenvalue weighted by Gasteiger charge is 2.28. The number of benzene rings is 1. The van der Waals surface area contributed by atoms with Gasteiger partial charge in [-0.05, 0) is 56.8 Å². The van der Waals surface area contributed by atoms with Gasteiger partial charge in [-0.3, -0.25) is 9.69 Å². The number of nitrogens with two attached hydrogens (primary N) is 1. The zero-order valence-corrected chi connectivity index (χ0v) is 18.2. The molecule has 3 heterocycles. The van der Waals surface area contributed by atoms with Crippen LogP contribution in [0, 0.1) is 0 Å². The van der Waals surface area contributed by atoms with E-state index in [9.17, 15) is 4.79 Å². The molecule has 4 rings (SSSR count). The molecular weight excluding hydrogens is 408 g/mol. The van der Waals surface area contributed by atoms with Crippen molar-refractivity contribution in [1.82, 2.24) is 25.0 Å². The lowest BCUT2D eigenvalue weighted by atomic mass is 10.0. The number of aromatic nitrogens is 4. The van der Waals surface area contributed by atoms with E-state index in [2.05, 4.69) is 38.6 Å². The number of carbonyl (C=O) groups is 1. The molecule has 1 aromatic carbocycles. The maximum absolute atomic E-state index is 12.1. The molecular formula is C22H26N8O2. The zero-order valence-electron chi connectivity index (χ0n) is 18.2. The van der Waals surface area contributed by atoms with Crippen molar-refractivity contribution in [3.05, 3.63) is 43.1 Å². The number of likely N-dealkylation sites (tertiary alicyclic amines) is 1.